The average Bonchev–Trinajstić information content (AvgIpc) is 2.91. The van der Waals surface area contributed by atoms with Crippen molar-refractivity contribution in [3.8, 4) is 0 Å². The molecular formula is C15H13FN4O. The zero-order chi connectivity index (χ0) is 14.8. The van der Waals surface area contributed by atoms with Crippen molar-refractivity contribution < 1.29 is 9.18 Å². The van der Waals surface area contributed by atoms with E-state index in [0.717, 1.165) is 0 Å². The van der Waals surface area contributed by atoms with Crippen LogP contribution in [-0.4, -0.2) is 20.5 Å². The summed E-state index contributed by atoms with van der Waals surface area (Å²) in [6.07, 6.45) is 1.83. The van der Waals surface area contributed by atoms with Gasteiger partial charge in [0, 0.05) is 11.8 Å². The van der Waals surface area contributed by atoms with Gasteiger partial charge in [0.05, 0.1) is 6.04 Å². The van der Waals surface area contributed by atoms with Crippen molar-refractivity contribution in [1.29, 1.82) is 0 Å². The molecule has 106 valence electrons. The van der Waals surface area contributed by atoms with Crippen LogP contribution in [-0.2, 0) is 0 Å². The van der Waals surface area contributed by atoms with E-state index >= 15 is 0 Å². The van der Waals surface area contributed by atoms with E-state index < -0.39 is 5.82 Å². The van der Waals surface area contributed by atoms with E-state index in [0.29, 0.717) is 11.5 Å². The summed E-state index contributed by atoms with van der Waals surface area (Å²) in [5.41, 5.74) is 0.982. The molecule has 0 aliphatic heterocycles. The SMILES string of the molecule is CC(NC(=O)c1cccc(F)c1)c1nnc2ccccn12. The second-order valence-electron chi connectivity index (χ2n) is 4.69. The molecule has 0 spiro atoms. The summed E-state index contributed by atoms with van der Waals surface area (Å²) < 4.78 is 14.9. The van der Waals surface area contributed by atoms with Gasteiger partial charge in [0.1, 0.15) is 5.82 Å². The lowest BCUT2D eigenvalue weighted by atomic mass is 10.2. The number of aromatic nitrogens is 3. The first-order valence-corrected chi connectivity index (χ1v) is 6.51. The summed E-state index contributed by atoms with van der Waals surface area (Å²) >= 11 is 0. The highest BCUT2D eigenvalue weighted by atomic mass is 19.1. The molecule has 5 nitrogen and oxygen atoms in total. The Kier molecular flexibility index (Phi) is 3.35. The van der Waals surface area contributed by atoms with Gasteiger partial charge in [0.2, 0.25) is 0 Å². The first kappa shape index (κ1) is 13.2. The van der Waals surface area contributed by atoms with Crippen LogP contribution in [0.2, 0.25) is 0 Å². The smallest absolute Gasteiger partial charge is 0.251 e. The maximum Gasteiger partial charge on any atom is 0.251 e. The quantitative estimate of drug-likeness (QED) is 0.803. The molecule has 3 aromatic rings. The van der Waals surface area contributed by atoms with Gasteiger partial charge in [-0.05, 0) is 37.3 Å². The van der Waals surface area contributed by atoms with Crippen molar-refractivity contribution in [2.24, 2.45) is 0 Å². The lowest BCUT2D eigenvalue weighted by molar-refractivity contribution is 0.0937. The fourth-order valence-electron chi connectivity index (χ4n) is 2.13. The first-order chi connectivity index (χ1) is 10.1. The molecule has 0 saturated heterocycles. The van der Waals surface area contributed by atoms with Gasteiger partial charge >= 0.3 is 0 Å². The zero-order valence-corrected chi connectivity index (χ0v) is 11.3. The van der Waals surface area contributed by atoms with Crippen molar-refractivity contribution in [3.05, 3.63) is 65.9 Å². The minimum atomic E-state index is -0.441. The van der Waals surface area contributed by atoms with E-state index in [4.69, 9.17) is 0 Å². The molecule has 0 bridgehead atoms. The molecule has 0 saturated carbocycles. The number of halogens is 1. The van der Waals surface area contributed by atoms with E-state index in [1.165, 1.54) is 18.2 Å². The van der Waals surface area contributed by atoms with E-state index in [-0.39, 0.29) is 17.5 Å². The Bertz CT molecular complexity index is 799. The van der Waals surface area contributed by atoms with Crippen LogP contribution in [0.25, 0.3) is 5.65 Å². The molecule has 2 heterocycles. The summed E-state index contributed by atoms with van der Waals surface area (Å²) in [5, 5.41) is 10.9. The first-order valence-electron chi connectivity index (χ1n) is 6.51. The van der Waals surface area contributed by atoms with Crippen LogP contribution < -0.4 is 5.32 Å². The number of rotatable bonds is 3. The third-order valence-corrected chi connectivity index (χ3v) is 3.16. The number of benzene rings is 1. The Morgan fingerprint density at radius 3 is 2.90 bits per heavy atom. The number of pyridine rings is 1. The van der Waals surface area contributed by atoms with Crippen molar-refractivity contribution in [2.75, 3.05) is 0 Å². The molecule has 2 aromatic heterocycles. The summed E-state index contributed by atoms with van der Waals surface area (Å²) in [6, 6.07) is 10.8. The molecule has 1 N–H and O–H groups in total. The minimum Gasteiger partial charge on any atom is -0.342 e. The number of hydrogen-bond donors (Lipinski definition) is 1. The number of carbonyl (C=O) groups is 1. The standard InChI is InChI=1S/C15H13FN4O/c1-10(14-19-18-13-7-2-3-8-20(13)14)17-15(21)11-5-4-6-12(16)9-11/h2-10H,1H3,(H,17,21). The van der Waals surface area contributed by atoms with Crippen LogP contribution in [0.5, 0.6) is 0 Å². The molecule has 1 atom stereocenters. The summed E-state index contributed by atoms with van der Waals surface area (Å²) in [7, 11) is 0. The second kappa shape index (κ2) is 5.32. The third kappa shape index (κ3) is 2.60. The Hall–Kier alpha value is -2.76. The second-order valence-corrected chi connectivity index (χ2v) is 4.69. The lowest BCUT2D eigenvalue weighted by Crippen LogP contribution is -2.28. The number of amides is 1. The Balaban J connectivity index is 1.83. The van der Waals surface area contributed by atoms with Crippen LogP contribution in [0.1, 0.15) is 29.1 Å². The summed E-state index contributed by atoms with van der Waals surface area (Å²) in [4.78, 5) is 12.1. The highest BCUT2D eigenvalue weighted by molar-refractivity contribution is 5.94. The van der Waals surface area contributed by atoms with E-state index in [1.807, 2.05) is 24.4 Å². The van der Waals surface area contributed by atoms with Gasteiger partial charge in [-0.1, -0.05) is 12.1 Å². The highest BCUT2D eigenvalue weighted by Crippen LogP contribution is 2.13. The molecule has 0 aliphatic rings. The fraction of sp³-hybridized carbons (Fsp3) is 0.133. The molecule has 1 amide bonds. The van der Waals surface area contributed by atoms with E-state index in [1.54, 1.807) is 17.4 Å². The topological polar surface area (TPSA) is 59.3 Å². The molecule has 3 rings (SSSR count). The number of nitrogens with one attached hydrogen (secondary N) is 1. The molecule has 0 fully saturated rings. The maximum atomic E-state index is 13.1. The average molecular weight is 284 g/mol. The summed E-state index contributed by atoms with van der Waals surface area (Å²) in [6.45, 7) is 1.81. The molecule has 0 radical (unpaired) electrons. The van der Waals surface area contributed by atoms with Gasteiger partial charge in [-0.2, -0.15) is 0 Å². The normalized spacial score (nSPS) is 12.3. The Morgan fingerprint density at radius 1 is 1.24 bits per heavy atom. The van der Waals surface area contributed by atoms with Crippen LogP contribution in [0.3, 0.4) is 0 Å². The lowest BCUT2D eigenvalue weighted by Gasteiger charge is -2.12. The van der Waals surface area contributed by atoms with Gasteiger partial charge < -0.3 is 5.32 Å². The fourth-order valence-corrected chi connectivity index (χ4v) is 2.13. The highest BCUT2D eigenvalue weighted by Gasteiger charge is 2.16. The predicted octanol–water partition coefficient (Wildman–Crippen LogP) is 2.36. The molecule has 1 unspecified atom stereocenters. The summed E-state index contributed by atoms with van der Waals surface area (Å²) in [5.74, 6) is -0.173. The number of carbonyl (C=O) groups excluding carboxylic acids is 1. The third-order valence-electron chi connectivity index (χ3n) is 3.16. The number of hydrogen-bond acceptors (Lipinski definition) is 3. The molecule has 21 heavy (non-hydrogen) atoms. The van der Waals surface area contributed by atoms with Crippen LogP contribution >= 0.6 is 0 Å². The van der Waals surface area contributed by atoms with Gasteiger partial charge in [-0.15, -0.1) is 10.2 Å². The van der Waals surface area contributed by atoms with Gasteiger partial charge in [0.15, 0.2) is 11.5 Å². The van der Waals surface area contributed by atoms with Crippen LogP contribution in [0.4, 0.5) is 4.39 Å². The van der Waals surface area contributed by atoms with E-state index in [2.05, 4.69) is 15.5 Å². The number of fused-ring (bicyclic) bond motifs is 1. The van der Waals surface area contributed by atoms with Crippen molar-refractivity contribution in [3.63, 3.8) is 0 Å². The van der Waals surface area contributed by atoms with Gasteiger partial charge in [-0.25, -0.2) is 4.39 Å². The maximum absolute atomic E-state index is 13.1. The van der Waals surface area contributed by atoms with E-state index in [9.17, 15) is 9.18 Å². The molecule has 0 aliphatic carbocycles. The van der Waals surface area contributed by atoms with Gasteiger partial charge in [0.25, 0.3) is 5.91 Å². The van der Waals surface area contributed by atoms with Crippen LogP contribution in [0, 0.1) is 5.82 Å². The van der Waals surface area contributed by atoms with Crippen molar-refractivity contribution in [2.45, 2.75) is 13.0 Å². The molecule has 6 heteroatoms. The number of nitrogens with zero attached hydrogens (tertiary/aromatic N) is 3. The molecular weight excluding hydrogens is 271 g/mol. The minimum absolute atomic E-state index is 0.274. The molecule has 1 aromatic carbocycles. The zero-order valence-electron chi connectivity index (χ0n) is 11.3. The largest absolute Gasteiger partial charge is 0.342 e. The Labute approximate surface area is 120 Å². The monoisotopic (exact) mass is 284 g/mol. The Morgan fingerprint density at radius 2 is 2.10 bits per heavy atom. The predicted molar refractivity (Wildman–Crippen MR) is 75.3 cm³/mol. The van der Waals surface area contributed by atoms with Crippen LogP contribution in [0.15, 0.2) is 48.7 Å². The van der Waals surface area contributed by atoms with Gasteiger partial charge in [-0.3, -0.25) is 9.20 Å². The van der Waals surface area contributed by atoms with Crippen molar-refractivity contribution >= 4 is 11.6 Å². The van der Waals surface area contributed by atoms with Crippen molar-refractivity contribution in [1.82, 2.24) is 19.9 Å².